The first-order chi connectivity index (χ1) is 6.27. The minimum atomic E-state index is 0.427. The molecule has 0 unspecified atom stereocenters. The molecule has 13 heavy (non-hydrogen) atoms. The lowest BCUT2D eigenvalue weighted by atomic mass is 10.3. The zero-order valence-corrected chi connectivity index (χ0v) is 8.39. The van der Waals surface area contributed by atoms with Crippen LogP contribution in [0.1, 0.15) is 0 Å². The van der Waals surface area contributed by atoms with Gasteiger partial charge in [0.05, 0.1) is 12.8 Å². The Labute approximate surface area is 82.6 Å². The van der Waals surface area contributed by atoms with Gasteiger partial charge in [-0.3, -0.25) is 0 Å². The zero-order chi connectivity index (χ0) is 9.68. The van der Waals surface area contributed by atoms with E-state index in [1.165, 1.54) is 0 Å². The van der Waals surface area contributed by atoms with E-state index in [4.69, 9.17) is 21.1 Å². The molecular weight excluding hydrogens is 190 g/mol. The number of halogens is 1. The second kappa shape index (κ2) is 4.94. The summed E-state index contributed by atoms with van der Waals surface area (Å²) in [6.07, 6.45) is 0. The van der Waals surface area contributed by atoms with Gasteiger partial charge in [-0.05, 0) is 18.2 Å². The molecule has 0 saturated carbocycles. The molecule has 4 heteroatoms. The van der Waals surface area contributed by atoms with Crippen LogP contribution in [0.3, 0.4) is 0 Å². The molecule has 72 valence electrons. The molecule has 0 heterocycles. The van der Waals surface area contributed by atoms with Crippen LogP contribution in [0.15, 0.2) is 18.2 Å². The summed E-state index contributed by atoms with van der Waals surface area (Å²) in [4.78, 5) is 0. The van der Waals surface area contributed by atoms with E-state index < -0.39 is 0 Å². The monoisotopic (exact) mass is 201 g/mol. The summed E-state index contributed by atoms with van der Waals surface area (Å²) >= 11 is 5.82. The van der Waals surface area contributed by atoms with Crippen molar-refractivity contribution in [3.63, 3.8) is 0 Å². The number of ether oxygens (including phenoxy) is 2. The van der Waals surface area contributed by atoms with Gasteiger partial charge >= 0.3 is 0 Å². The molecule has 0 aliphatic heterocycles. The Kier molecular flexibility index (Phi) is 3.86. The Morgan fingerprint density at radius 1 is 1.38 bits per heavy atom. The lowest BCUT2D eigenvalue weighted by Gasteiger charge is -2.10. The van der Waals surface area contributed by atoms with Crippen molar-refractivity contribution in [3.8, 4) is 5.75 Å². The van der Waals surface area contributed by atoms with Crippen molar-refractivity contribution >= 4 is 17.3 Å². The molecule has 0 amide bonds. The Morgan fingerprint density at radius 3 is 2.77 bits per heavy atom. The number of benzene rings is 1. The minimum Gasteiger partial charge on any atom is -0.495 e. The number of methoxy groups -OCH3 is 2. The summed E-state index contributed by atoms with van der Waals surface area (Å²) in [7, 11) is 3.23. The van der Waals surface area contributed by atoms with E-state index in [0.29, 0.717) is 11.8 Å². The molecule has 1 rings (SSSR count). The highest BCUT2D eigenvalue weighted by atomic mass is 35.5. The van der Waals surface area contributed by atoms with E-state index in [1.807, 2.05) is 0 Å². The number of rotatable bonds is 4. The maximum absolute atomic E-state index is 5.82. The summed E-state index contributed by atoms with van der Waals surface area (Å²) in [5.41, 5.74) is 0.830. The SMILES string of the molecule is COCNc1cc(Cl)ccc1OC. The third-order valence-corrected chi connectivity index (χ3v) is 1.80. The number of hydrogen-bond donors (Lipinski definition) is 1. The largest absolute Gasteiger partial charge is 0.495 e. The molecule has 0 saturated heterocycles. The molecule has 0 atom stereocenters. The first-order valence-corrected chi connectivity index (χ1v) is 4.22. The number of hydrogen-bond acceptors (Lipinski definition) is 3. The molecule has 0 spiro atoms. The average Bonchev–Trinajstić information content (AvgIpc) is 2.15. The molecule has 0 aliphatic rings. The second-order valence-corrected chi connectivity index (χ2v) is 2.89. The number of nitrogens with one attached hydrogen (secondary N) is 1. The summed E-state index contributed by atoms with van der Waals surface area (Å²) in [5.74, 6) is 0.751. The molecule has 1 aromatic rings. The molecule has 1 aromatic carbocycles. The summed E-state index contributed by atoms with van der Waals surface area (Å²) in [6, 6.07) is 5.37. The van der Waals surface area contributed by atoms with Gasteiger partial charge in [0.15, 0.2) is 0 Å². The van der Waals surface area contributed by atoms with E-state index >= 15 is 0 Å². The molecule has 0 fully saturated rings. The normalized spacial score (nSPS) is 9.77. The Balaban J connectivity index is 2.81. The van der Waals surface area contributed by atoms with Crippen LogP contribution < -0.4 is 10.1 Å². The van der Waals surface area contributed by atoms with Gasteiger partial charge in [-0.15, -0.1) is 0 Å². The molecule has 1 N–H and O–H groups in total. The lowest BCUT2D eigenvalue weighted by Crippen LogP contribution is -2.04. The molecule has 0 aromatic heterocycles. The molecule has 0 aliphatic carbocycles. The first kappa shape index (κ1) is 10.2. The fraction of sp³-hybridized carbons (Fsp3) is 0.333. The van der Waals surface area contributed by atoms with Crippen LogP contribution in [-0.4, -0.2) is 21.0 Å². The Morgan fingerprint density at radius 2 is 2.15 bits per heavy atom. The van der Waals surface area contributed by atoms with E-state index in [2.05, 4.69) is 5.32 Å². The maximum atomic E-state index is 5.82. The van der Waals surface area contributed by atoms with Crippen LogP contribution in [0, 0.1) is 0 Å². The van der Waals surface area contributed by atoms with Crippen molar-refractivity contribution in [3.05, 3.63) is 23.2 Å². The fourth-order valence-electron chi connectivity index (χ4n) is 0.968. The smallest absolute Gasteiger partial charge is 0.142 e. The topological polar surface area (TPSA) is 30.5 Å². The van der Waals surface area contributed by atoms with Gasteiger partial charge in [-0.2, -0.15) is 0 Å². The van der Waals surface area contributed by atoms with Crippen molar-refractivity contribution in [2.24, 2.45) is 0 Å². The maximum Gasteiger partial charge on any atom is 0.142 e. The highest BCUT2D eigenvalue weighted by Gasteiger charge is 2.01. The van der Waals surface area contributed by atoms with Crippen LogP contribution in [-0.2, 0) is 4.74 Å². The van der Waals surface area contributed by atoms with Crippen molar-refractivity contribution < 1.29 is 9.47 Å². The predicted octanol–water partition coefficient (Wildman–Crippen LogP) is 2.36. The van der Waals surface area contributed by atoms with Crippen molar-refractivity contribution in [2.75, 3.05) is 26.3 Å². The van der Waals surface area contributed by atoms with E-state index in [0.717, 1.165) is 11.4 Å². The van der Waals surface area contributed by atoms with Crippen LogP contribution in [0.25, 0.3) is 0 Å². The van der Waals surface area contributed by atoms with Crippen LogP contribution in [0.4, 0.5) is 5.69 Å². The van der Waals surface area contributed by atoms with E-state index in [9.17, 15) is 0 Å². The summed E-state index contributed by atoms with van der Waals surface area (Å²) in [5, 5.41) is 3.69. The average molecular weight is 202 g/mol. The molecule has 0 bridgehead atoms. The Hall–Kier alpha value is -0.930. The Bertz CT molecular complexity index is 278. The van der Waals surface area contributed by atoms with Gasteiger partial charge in [0.2, 0.25) is 0 Å². The van der Waals surface area contributed by atoms with Crippen LogP contribution >= 0.6 is 11.6 Å². The quantitative estimate of drug-likeness (QED) is 0.759. The molecule has 3 nitrogen and oxygen atoms in total. The van der Waals surface area contributed by atoms with Gasteiger partial charge in [0.1, 0.15) is 12.5 Å². The van der Waals surface area contributed by atoms with Crippen molar-refractivity contribution in [1.82, 2.24) is 0 Å². The first-order valence-electron chi connectivity index (χ1n) is 3.84. The van der Waals surface area contributed by atoms with E-state index in [1.54, 1.807) is 32.4 Å². The van der Waals surface area contributed by atoms with Crippen molar-refractivity contribution in [2.45, 2.75) is 0 Å². The van der Waals surface area contributed by atoms with Crippen molar-refractivity contribution in [1.29, 1.82) is 0 Å². The van der Waals surface area contributed by atoms with Crippen LogP contribution in [0.2, 0.25) is 5.02 Å². The summed E-state index contributed by atoms with van der Waals surface area (Å²) in [6.45, 7) is 0.427. The predicted molar refractivity (Wildman–Crippen MR) is 53.5 cm³/mol. The molecule has 0 radical (unpaired) electrons. The summed E-state index contributed by atoms with van der Waals surface area (Å²) < 4.78 is 10.00. The lowest BCUT2D eigenvalue weighted by molar-refractivity contribution is 0.221. The third-order valence-electron chi connectivity index (χ3n) is 1.57. The second-order valence-electron chi connectivity index (χ2n) is 2.45. The van der Waals surface area contributed by atoms with Gasteiger partial charge in [-0.25, -0.2) is 0 Å². The standard InChI is InChI=1S/C9H12ClNO2/c1-12-6-11-8-5-7(10)3-4-9(8)13-2/h3-5,11H,6H2,1-2H3. The highest BCUT2D eigenvalue weighted by molar-refractivity contribution is 6.30. The minimum absolute atomic E-state index is 0.427. The number of anilines is 1. The fourth-order valence-corrected chi connectivity index (χ4v) is 1.14. The van der Waals surface area contributed by atoms with Gasteiger partial charge in [0, 0.05) is 12.1 Å². The van der Waals surface area contributed by atoms with Gasteiger partial charge in [0.25, 0.3) is 0 Å². The molecular formula is C9H12ClNO2. The van der Waals surface area contributed by atoms with Gasteiger partial charge in [-0.1, -0.05) is 11.6 Å². The van der Waals surface area contributed by atoms with Gasteiger partial charge < -0.3 is 14.8 Å². The van der Waals surface area contributed by atoms with Crippen LogP contribution in [0.5, 0.6) is 5.75 Å². The zero-order valence-electron chi connectivity index (χ0n) is 7.63. The van der Waals surface area contributed by atoms with E-state index in [-0.39, 0.29) is 0 Å². The highest BCUT2D eigenvalue weighted by Crippen LogP contribution is 2.27. The third kappa shape index (κ3) is 2.79.